The van der Waals surface area contributed by atoms with Gasteiger partial charge >= 0.3 is 0 Å². The van der Waals surface area contributed by atoms with E-state index in [-0.39, 0.29) is 74.0 Å². The lowest BCUT2D eigenvalue weighted by Crippen LogP contribution is -2.52. The fourth-order valence-corrected chi connectivity index (χ4v) is 9.65. The number of amides is 4. The molecule has 0 spiro atoms. The molecule has 1 atom stereocenters. The van der Waals surface area contributed by atoms with Crippen molar-refractivity contribution in [3.8, 4) is 11.3 Å². The largest absolute Gasteiger partial charge is 0.379 e. The fraction of sp³-hybridized carbons (Fsp3) is 0.352. The van der Waals surface area contributed by atoms with Gasteiger partial charge in [0, 0.05) is 82.2 Å². The minimum Gasteiger partial charge on any atom is -0.379 e. The number of halogens is 3. The number of anilines is 3. The van der Waals surface area contributed by atoms with E-state index in [9.17, 15) is 28.0 Å². The quantitative estimate of drug-likeness (QED) is 0.0171. The second-order valence-electron chi connectivity index (χ2n) is 18.4. The fourth-order valence-electron chi connectivity index (χ4n) is 9.48. The van der Waals surface area contributed by atoms with Crippen molar-refractivity contribution in [3.63, 3.8) is 0 Å². The van der Waals surface area contributed by atoms with Gasteiger partial charge in [-0.15, -0.1) is 0 Å². The SMILES string of the molecule is NN=C(C=NC1CCC(NCCOCCOCCOCCC(=O)Nc2ccc3c(c2)CN(C2CCC(=O)NC2=O)C3=O)CC1)c1ccc(Nc2ncc3c(n2)-c2ccc(Cl)cc2C(c2c(F)cccc2F)=NC3)cc1. The van der Waals surface area contributed by atoms with Crippen molar-refractivity contribution in [2.75, 3.05) is 56.8 Å². The number of nitrogens with one attached hydrogen (secondary N) is 4. The maximum absolute atomic E-state index is 15.0. The van der Waals surface area contributed by atoms with Crippen molar-refractivity contribution in [1.82, 2.24) is 25.5 Å². The van der Waals surface area contributed by atoms with Crippen LogP contribution in [-0.4, -0.2) is 120 Å². The first kappa shape index (κ1) is 52.5. The molecular formula is C54H56ClF2N11O7. The van der Waals surface area contributed by atoms with Gasteiger partial charge in [0.05, 0.1) is 75.6 Å². The Hall–Kier alpha value is -7.36. The second-order valence-corrected chi connectivity index (χ2v) is 18.8. The number of benzene rings is 4. The summed E-state index contributed by atoms with van der Waals surface area (Å²) in [6.07, 6.45) is 7.80. The van der Waals surface area contributed by atoms with Crippen LogP contribution in [0, 0.1) is 11.6 Å². The topological polar surface area (TPSA) is 236 Å². The molecular weight excluding hydrogens is 988 g/mol. The van der Waals surface area contributed by atoms with Crippen LogP contribution in [0.2, 0.25) is 5.02 Å². The molecule has 4 amide bonds. The van der Waals surface area contributed by atoms with Gasteiger partial charge in [-0.1, -0.05) is 35.9 Å². The summed E-state index contributed by atoms with van der Waals surface area (Å²) in [5.41, 5.74) is 6.04. The number of hydrogen-bond acceptors (Lipinski definition) is 15. The van der Waals surface area contributed by atoms with Gasteiger partial charge in [0.25, 0.3) is 5.91 Å². The summed E-state index contributed by atoms with van der Waals surface area (Å²) in [4.78, 5) is 69.5. The molecule has 1 saturated heterocycles. The molecule has 390 valence electrons. The highest BCUT2D eigenvalue weighted by atomic mass is 35.5. The molecule has 4 aliphatic rings. The first-order chi connectivity index (χ1) is 36.5. The number of piperidine rings is 1. The highest BCUT2D eigenvalue weighted by Crippen LogP contribution is 2.35. The van der Waals surface area contributed by atoms with Crippen LogP contribution in [0.4, 0.5) is 26.1 Å². The summed E-state index contributed by atoms with van der Waals surface area (Å²) in [6, 6.07) is 21.2. The Labute approximate surface area is 436 Å². The van der Waals surface area contributed by atoms with E-state index < -0.39 is 23.6 Å². The van der Waals surface area contributed by atoms with Gasteiger partial charge in [0.15, 0.2) is 0 Å². The number of fused-ring (bicyclic) bond motifs is 4. The van der Waals surface area contributed by atoms with Crippen LogP contribution in [0.25, 0.3) is 11.3 Å². The maximum Gasteiger partial charge on any atom is 0.255 e. The van der Waals surface area contributed by atoms with Gasteiger partial charge in [-0.3, -0.25) is 34.5 Å². The number of nitrogens with two attached hydrogens (primary N) is 1. The summed E-state index contributed by atoms with van der Waals surface area (Å²) in [7, 11) is 0. The molecule has 18 nitrogen and oxygen atoms in total. The Morgan fingerprint density at radius 1 is 0.840 bits per heavy atom. The molecule has 6 N–H and O–H groups in total. The zero-order valence-corrected chi connectivity index (χ0v) is 41.7. The van der Waals surface area contributed by atoms with Crippen molar-refractivity contribution >= 4 is 70.2 Å². The number of imide groups is 1. The third kappa shape index (κ3) is 13.1. The maximum atomic E-state index is 15.0. The molecule has 1 aliphatic carbocycles. The van der Waals surface area contributed by atoms with E-state index in [0.29, 0.717) is 101 Å². The molecule has 75 heavy (non-hydrogen) atoms. The predicted octanol–water partition coefficient (Wildman–Crippen LogP) is 6.64. The highest BCUT2D eigenvalue weighted by molar-refractivity contribution is 6.38. The molecule has 1 unspecified atom stereocenters. The molecule has 9 rings (SSSR count). The zero-order chi connectivity index (χ0) is 52.3. The van der Waals surface area contributed by atoms with Crippen LogP contribution in [-0.2, 0) is 41.7 Å². The number of aliphatic imine (C=N–C) groups is 2. The highest BCUT2D eigenvalue weighted by Gasteiger charge is 2.39. The normalized spacial score (nSPS) is 18.5. The van der Waals surface area contributed by atoms with Crippen molar-refractivity contribution < 1.29 is 42.2 Å². The Kier molecular flexibility index (Phi) is 17.3. The number of carbonyl (C=O) groups is 4. The molecule has 0 bridgehead atoms. The Bertz CT molecular complexity index is 3000. The molecule has 21 heteroatoms. The van der Waals surface area contributed by atoms with Gasteiger partial charge < -0.3 is 40.9 Å². The lowest BCUT2D eigenvalue weighted by atomic mass is 9.91. The molecule has 0 radical (unpaired) electrons. The van der Waals surface area contributed by atoms with Crippen molar-refractivity contribution in [3.05, 3.63) is 135 Å². The van der Waals surface area contributed by atoms with Gasteiger partial charge in [0.2, 0.25) is 23.7 Å². The Morgan fingerprint density at radius 2 is 1.56 bits per heavy atom. The van der Waals surface area contributed by atoms with Gasteiger partial charge in [-0.05, 0) is 92.3 Å². The smallest absolute Gasteiger partial charge is 0.255 e. The summed E-state index contributed by atoms with van der Waals surface area (Å²) < 4.78 is 46.9. The lowest BCUT2D eigenvalue weighted by molar-refractivity contribution is -0.137. The van der Waals surface area contributed by atoms with Gasteiger partial charge in [-0.25, -0.2) is 18.7 Å². The van der Waals surface area contributed by atoms with Crippen molar-refractivity contribution in [2.24, 2.45) is 20.9 Å². The summed E-state index contributed by atoms with van der Waals surface area (Å²) >= 11 is 6.38. The Morgan fingerprint density at radius 3 is 2.31 bits per heavy atom. The number of rotatable bonds is 21. The van der Waals surface area contributed by atoms with Gasteiger partial charge in [0.1, 0.15) is 23.4 Å². The summed E-state index contributed by atoms with van der Waals surface area (Å²) in [5.74, 6) is 3.38. The average Bonchev–Trinajstić information content (AvgIpc) is 3.66. The van der Waals surface area contributed by atoms with Crippen LogP contribution in [0.3, 0.4) is 0 Å². The average molecular weight is 1040 g/mol. The summed E-state index contributed by atoms with van der Waals surface area (Å²) in [5, 5.41) is 16.4. The van der Waals surface area contributed by atoms with E-state index in [1.165, 1.54) is 23.1 Å². The third-order valence-corrected chi connectivity index (χ3v) is 13.6. The van der Waals surface area contributed by atoms with Crippen molar-refractivity contribution in [1.29, 1.82) is 0 Å². The number of ether oxygens (including phenoxy) is 3. The van der Waals surface area contributed by atoms with Crippen LogP contribution >= 0.6 is 11.6 Å². The van der Waals surface area contributed by atoms with E-state index in [1.54, 1.807) is 48.8 Å². The minimum absolute atomic E-state index is 0.108. The number of aromatic nitrogens is 2. The van der Waals surface area contributed by atoms with Crippen LogP contribution in [0.15, 0.2) is 100 Å². The molecule has 1 aromatic heterocycles. The molecule has 2 fully saturated rings. The first-order valence-electron chi connectivity index (χ1n) is 24.9. The lowest BCUT2D eigenvalue weighted by Gasteiger charge is -2.29. The number of carbonyl (C=O) groups excluding carboxylic acids is 4. The molecule has 3 aliphatic heterocycles. The van der Waals surface area contributed by atoms with Crippen LogP contribution in [0.1, 0.15) is 83.1 Å². The van der Waals surface area contributed by atoms with E-state index in [4.69, 9.17) is 41.6 Å². The zero-order valence-electron chi connectivity index (χ0n) is 41.0. The number of hydrogen-bond donors (Lipinski definition) is 5. The molecule has 4 aromatic carbocycles. The van der Waals surface area contributed by atoms with Gasteiger partial charge in [-0.2, -0.15) is 5.10 Å². The minimum atomic E-state index is -0.726. The monoisotopic (exact) mass is 1040 g/mol. The van der Waals surface area contributed by atoms with Crippen LogP contribution < -0.4 is 27.1 Å². The van der Waals surface area contributed by atoms with E-state index >= 15 is 0 Å². The third-order valence-electron chi connectivity index (χ3n) is 13.3. The first-order valence-corrected chi connectivity index (χ1v) is 25.3. The Balaban J connectivity index is 0.623. The molecule has 4 heterocycles. The van der Waals surface area contributed by atoms with E-state index in [1.807, 2.05) is 24.3 Å². The number of nitrogens with zero attached hydrogens (tertiary/aromatic N) is 6. The predicted molar refractivity (Wildman–Crippen MR) is 279 cm³/mol. The van der Waals surface area contributed by atoms with E-state index in [0.717, 1.165) is 37.8 Å². The number of hydrazone groups is 1. The standard InChI is InChI=1S/C54H56ClF2N11O7/c55-35-6-14-41-42(27-35)51(49-43(56)2-1-3-44(49)57)61-28-34-29-62-54(66-50(34)41)64-38-7-4-32(5-8-38)45(67-58)30-60-37-11-9-36(10-12-37)59-19-21-74-23-25-75-24-22-73-20-18-48(70)63-39-13-15-40-33(26-39)31-68(53(40)72)46-16-17-47(69)65-52(46)71/h1-8,13-15,26-27,29-30,36-37,46,59H,9-12,16-25,28,31,58H2,(H,63,70)(H,62,64,66)(H,65,69,71). The molecule has 1 saturated carbocycles. The van der Waals surface area contributed by atoms with Crippen LogP contribution in [0.5, 0.6) is 0 Å². The van der Waals surface area contributed by atoms with Crippen molar-refractivity contribution in [2.45, 2.75) is 76.2 Å². The molecule has 5 aromatic rings. The second kappa shape index (κ2) is 24.8. The van der Waals surface area contributed by atoms with E-state index in [2.05, 4.69) is 36.3 Å². The summed E-state index contributed by atoms with van der Waals surface area (Å²) in [6.45, 7) is 3.40.